The molecule has 2 rings (SSSR count). The quantitative estimate of drug-likeness (QED) is 0.837. The third kappa shape index (κ3) is 4.26. The van der Waals surface area contributed by atoms with Crippen molar-refractivity contribution in [2.24, 2.45) is 11.8 Å². The molecule has 2 atom stereocenters. The Labute approximate surface area is 121 Å². The molecule has 0 amide bonds. The van der Waals surface area contributed by atoms with Crippen LogP contribution >= 0.6 is 0 Å². The minimum absolute atomic E-state index is 0.344. The number of benzene rings is 1. The van der Waals surface area contributed by atoms with Gasteiger partial charge in [0.05, 0.1) is 5.56 Å². The van der Waals surface area contributed by atoms with Gasteiger partial charge >= 0.3 is 5.97 Å². The zero-order valence-electron chi connectivity index (χ0n) is 12.4. The minimum atomic E-state index is -0.869. The molecule has 0 heterocycles. The van der Waals surface area contributed by atoms with Crippen LogP contribution in [-0.2, 0) is 0 Å². The topological polar surface area (TPSA) is 49.3 Å². The molecule has 0 radical (unpaired) electrons. The first-order chi connectivity index (χ1) is 9.54. The van der Waals surface area contributed by atoms with Gasteiger partial charge in [0.1, 0.15) is 0 Å². The third-order valence-corrected chi connectivity index (χ3v) is 4.09. The van der Waals surface area contributed by atoms with Crippen LogP contribution in [0.5, 0.6) is 0 Å². The second-order valence-electron chi connectivity index (χ2n) is 6.39. The fourth-order valence-corrected chi connectivity index (χ4v) is 3.25. The van der Waals surface area contributed by atoms with Gasteiger partial charge < -0.3 is 10.4 Å². The van der Waals surface area contributed by atoms with E-state index >= 15 is 0 Å². The molecule has 2 unspecified atom stereocenters. The van der Waals surface area contributed by atoms with Crippen molar-refractivity contribution in [3.63, 3.8) is 0 Å². The Morgan fingerprint density at radius 2 is 2.00 bits per heavy atom. The van der Waals surface area contributed by atoms with E-state index in [1.807, 2.05) is 12.1 Å². The van der Waals surface area contributed by atoms with Gasteiger partial charge in [-0.2, -0.15) is 0 Å². The highest BCUT2D eigenvalue weighted by molar-refractivity contribution is 5.87. The van der Waals surface area contributed by atoms with Crippen molar-refractivity contribution in [3.8, 4) is 0 Å². The SMILES string of the molecule is CC(C)CC1CCCC(Nc2ccc(C(=O)O)cc2)C1. The Morgan fingerprint density at radius 3 is 2.60 bits per heavy atom. The summed E-state index contributed by atoms with van der Waals surface area (Å²) in [4.78, 5) is 10.8. The van der Waals surface area contributed by atoms with Crippen molar-refractivity contribution >= 4 is 11.7 Å². The molecule has 1 fully saturated rings. The normalized spacial score (nSPS) is 22.8. The monoisotopic (exact) mass is 275 g/mol. The van der Waals surface area contributed by atoms with Gasteiger partial charge in [0, 0.05) is 11.7 Å². The van der Waals surface area contributed by atoms with Gasteiger partial charge in [-0.15, -0.1) is 0 Å². The summed E-state index contributed by atoms with van der Waals surface area (Å²) < 4.78 is 0. The number of hydrogen-bond donors (Lipinski definition) is 2. The maximum atomic E-state index is 10.8. The molecule has 1 aromatic rings. The van der Waals surface area contributed by atoms with Crippen LogP contribution in [0.4, 0.5) is 5.69 Å². The van der Waals surface area contributed by atoms with Gasteiger partial charge in [-0.25, -0.2) is 4.79 Å². The number of nitrogens with one attached hydrogen (secondary N) is 1. The highest BCUT2D eigenvalue weighted by atomic mass is 16.4. The van der Waals surface area contributed by atoms with Crippen molar-refractivity contribution in [1.82, 2.24) is 0 Å². The smallest absolute Gasteiger partial charge is 0.335 e. The van der Waals surface area contributed by atoms with E-state index in [0.717, 1.165) is 17.5 Å². The van der Waals surface area contributed by atoms with E-state index in [9.17, 15) is 4.79 Å². The molecular weight excluding hydrogens is 250 g/mol. The number of anilines is 1. The summed E-state index contributed by atoms with van der Waals surface area (Å²) >= 11 is 0. The number of carbonyl (C=O) groups is 1. The largest absolute Gasteiger partial charge is 0.478 e. The molecule has 20 heavy (non-hydrogen) atoms. The summed E-state index contributed by atoms with van der Waals surface area (Å²) in [5.74, 6) is 0.736. The summed E-state index contributed by atoms with van der Waals surface area (Å²) in [5, 5.41) is 12.5. The average Bonchev–Trinajstić information content (AvgIpc) is 2.39. The predicted molar refractivity (Wildman–Crippen MR) is 82.2 cm³/mol. The molecular formula is C17H25NO2. The van der Waals surface area contributed by atoms with Crippen LogP contribution in [0, 0.1) is 11.8 Å². The molecule has 3 nitrogen and oxygen atoms in total. The highest BCUT2D eigenvalue weighted by Crippen LogP contribution is 2.31. The van der Waals surface area contributed by atoms with Crippen molar-refractivity contribution in [3.05, 3.63) is 29.8 Å². The highest BCUT2D eigenvalue weighted by Gasteiger charge is 2.22. The maximum Gasteiger partial charge on any atom is 0.335 e. The van der Waals surface area contributed by atoms with E-state index in [4.69, 9.17) is 5.11 Å². The lowest BCUT2D eigenvalue weighted by Gasteiger charge is -2.31. The van der Waals surface area contributed by atoms with Gasteiger partial charge in [-0.3, -0.25) is 0 Å². The Balaban J connectivity index is 1.90. The van der Waals surface area contributed by atoms with Crippen molar-refractivity contribution in [2.45, 2.75) is 52.0 Å². The Bertz CT molecular complexity index is 439. The van der Waals surface area contributed by atoms with Crippen molar-refractivity contribution in [2.75, 3.05) is 5.32 Å². The molecule has 1 aliphatic carbocycles. The fraction of sp³-hybridized carbons (Fsp3) is 0.588. The van der Waals surface area contributed by atoms with Crippen molar-refractivity contribution < 1.29 is 9.90 Å². The molecule has 1 aromatic carbocycles. The van der Waals surface area contributed by atoms with Gasteiger partial charge in [-0.05, 0) is 55.4 Å². The summed E-state index contributed by atoms with van der Waals surface area (Å²) in [6.45, 7) is 4.59. The van der Waals surface area contributed by atoms with E-state index < -0.39 is 5.97 Å². The van der Waals surface area contributed by atoms with E-state index in [1.165, 1.54) is 32.1 Å². The molecule has 0 aromatic heterocycles. The summed E-state index contributed by atoms with van der Waals surface area (Å²) in [7, 11) is 0. The second kappa shape index (κ2) is 6.78. The number of aromatic carboxylic acids is 1. The van der Waals surface area contributed by atoms with E-state index in [1.54, 1.807) is 12.1 Å². The zero-order valence-corrected chi connectivity index (χ0v) is 12.4. The van der Waals surface area contributed by atoms with Crippen molar-refractivity contribution in [1.29, 1.82) is 0 Å². The lowest BCUT2D eigenvalue weighted by molar-refractivity contribution is 0.0697. The lowest BCUT2D eigenvalue weighted by Crippen LogP contribution is -2.27. The molecule has 2 N–H and O–H groups in total. The zero-order chi connectivity index (χ0) is 14.5. The summed E-state index contributed by atoms with van der Waals surface area (Å²) in [5.41, 5.74) is 1.38. The van der Waals surface area contributed by atoms with Gasteiger partial charge in [0.25, 0.3) is 0 Å². The molecule has 1 aliphatic rings. The third-order valence-electron chi connectivity index (χ3n) is 4.09. The van der Waals surface area contributed by atoms with Crippen LogP contribution in [0.15, 0.2) is 24.3 Å². The Morgan fingerprint density at radius 1 is 1.30 bits per heavy atom. The van der Waals surface area contributed by atoms with Crippen LogP contribution < -0.4 is 5.32 Å². The average molecular weight is 275 g/mol. The molecule has 0 saturated heterocycles. The Hall–Kier alpha value is -1.51. The van der Waals surface area contributed by atoms with Crippen LogP contribution in [0.2, 0.25) is 0 Å². The minimum Gasteiger partial charge on any atom is -0.478 e. The van der Waals surface area contributed by atoms with Crippen LogP contribution in [-0.4, -0.2) is 17.1 Å². The predicted octanol–water partition coefficient (Wildman–Crippen LogP) is 4.40. The molecule has 110 valence electrons. The van der Waals surface area contributed by atoms with Gasteiger partial charge in [0.2, 0.25) is 0 Å². The first kappa shape index (κ1) is 14.9. The number of rotatable bonds is 5. The number of carboxylic acids is 1. The van der Waals surface area contributed by atoms with E-state index in [-0.39, 0.29) is 0 Å². The van der Waals surface area contributed by atoms with Gasteiger partial charge in [-0.1, -0.05) is 26.7 Å². The molecule has 0 aliphatic heterocycles. The maximum absolute atomic E-state index is 10.8. The Kier molecular flexibility index (Phi) is 5.05. The second-order valence-corrected chi connectivity index (χ2v) is 6.39. The van der Waals surface area contributed by atoms with Crippen LogP contribution in [0.25, 0.3) is 0 Å². The summed E-state index contributed by atoms with van der Waals surface area (Å²) in [6, 6.07) is 7.60. The van der Waals surface area contributed by atoms with Crippen LogP contribution in [0.1, 0.15) is 56.3 Å². The standard InChI is InChI=1S/C17H25NO2/c1-12(2)10-13-4-3-5-16(11-13)18-15-8-6-14(7-9-15)17(19)20/h6-9,12-13,16,18H,3-5,10-11H2,1-2H3,(H,19,20). The molecule has 0 bridgehead atoms. The lowest BCUT2D eigenvalue weighted by atomic mass is 9.81. The van der Waals surface area contributed by atoms with Crippen LogP contribution in [0.3, 0.4) is 0 Å². The number of hydrogen-bond acceptors (Lipinski definition) is 2. The van der Waals surface area contributed by atoms with E-state index in [2.05, 4.69) is 19.2 Å². The molecule has 0 spiro atoms. The first-order valence-electron chi connectivity index (χ1n) is 7.64. The van der Waals surface area contributed by atoms with Gasteiger partial charge in [0.15, 0.2) is 0 Å². The first-order valence-corrected chi connectivity index (χ1v) is 7.64. The summed E-state index contributed by atoms with van der Waals surface area (Å²) in [6.07, 6.45) is 6.42. The molecule has 3 heteroatoms. The fourth-order valence-electron chi connectivity index (χ4n) is 3.25. The van der Waals surface area contributed by atoms with E-state index in [0.29, 0.717) is 11.6 Å². The number of carboxylic acid groups (broad SMARTS) is 1. The molecule has 1 saturated carbocycles.